The molecule has 1 amide bonds. The number of quaternary nitrogens is 1. The molecule has 2 aromatic rings. The highest BCUT2D eigenvalue weighted by atomic mass is 32.2. The zero-order chi connectivity index (χ0) is 20.7. The number of nitrogens with zero attached hydrogens (tertiary/aromatic N) is 1. The third-order valence-electron chi connectivity index (χ3n) is 4.36. The second-order valence-corrected chi connectivity index (χ2v) is 8.54. The van der Waals surface area contributed by atoms with Crippen molar-refractivity contribution in [2.45, 2.75) is 25.3 Å². The summed E-state index contributed by atoms with van der Waals surface area (Å²) in [6.07, 6.45) is 0. The number of anilines is 1. The summed E-state index contributed by atoms with van der Waals surface area (Å²) in [5.74, 6) is -0.468. The van der Waals surface area contributed by atoms with Crippen LogP contribution in [-0.4, -0.2) is 45.3 Å². The van der Waals surface area contributed by atoms with Crippen LogP contribution in [0.3, 0.4) is 0 Å². The number of carbonyl (C=O) groups is 1. The minimum Gasteiger partial charge on any atom is -0.326 e. The number of nitrogens with one attached hydrogen (secondary N) is 2. The lowest BCUT2D eigenvalue weighted by Crippen LogP contribution is -3.08. The third kappa shape index (κ3) is 5.85. The summed E-state index contributed by atoms with van der Waals surface area (Å²) in [7, 11) is -1.64. The molecule has 2 aromatic carbocycles. The summed E-state index contributed by atoms with van der Waals surface area (Å²) in [4.78, 5) is 13.4. The van der Waals surface area contributed by atoms with Crippen molar-refractivity contribution < 1.29 is 22.5 Å². The van der Waals surface area contributed by atoms with Gasteiger partial charge in [0, 0.05) is 24.3 Å². The number of carbonyl (C=O) groups excluding carboxylic acids is 1. The lowest BCUT2D eigenvalue weighted by Gasteiger charge is -2.18. The molecule has 0 spiro atoms. The summed E-state index contributed by atoms with van der Waals surface area (Å²) in [5.41, 5.74) is 1.48. The Morgan fingerprint density at radius 3 is 2.14 bits per heavy atom. The first kappa shape index (κ1) is 22.0. The Balaban J connectivity index is 1.94. The summed E-state index contributed by atoms with van der Waals surface area (Å²) >= 11 is 0. The van der Waals surface area contributed by atoms with Crippen molar-refractivity contribution in [3.8, 4) is 0 Å². The number of hydrogen-bond acceptors (Lipinski definition) is 3. The van der Waals surface area contributed by atoms with Crippen molar-refractivity contribution in [1.82, 2.24) is 4.31 Å². The van der Waals surface area contributed by atoms with Gasteiger partial charge in [-0.3, -0.25) is 4.79 Å². The van der Waals surface area contributed by atoms with E-state index in [-0.39, 0.29) is 23.2 Å². The van der Waals surface area contributed by atoms with Crippen molar-refractivity contribution in [1.29, 1.82) is 0 Å². The Hall–Kier alpha value is -2.29. The number of likely N-dealkylation sites (N-methyl/N-ethyl adjacent to an activating group) is 1. The molecule has 0 radical (unpaired) electrons. The van der Waals surface area contributed by atoms with Crippen LogP contribution in [0, 0.1) is 5.82 Å². The molecule has 8 heteroatoms. The maximum absolute atomic E-state index is 13.0. The Labute approximate surface area is 166 Å². The van der Waals surface area contributed by atoms with Crippen molar-refractivity contribution in [2.75, 3.05) is 32.0 Å². The van der Waals surface area contributed by atoms with Crippen LogP contribution in [0.15, 0.2) is 53.4 Å². The van der Waals surface area contributed by atoms with Crippen LogP contribution in [0.4, 0.5) is 10.1 Å². The molecule has 0 aliphatic heterocycles. The molecule has 1 atom stereocenters. The molecule has 0 heterocycles. The van der Waals surface area contributed by atoms with Crippen LogP contribution in [0.5, 0.6) is 0 Å². The van der Waals surface area contributed by atoms with Gasteiger partial charge in [0.1, 0.15) is 12.4 Å². The first-order valence-electron chi connectivity index (χ1n) is 9.22. The van der Waals surface area contributed by atoms with Gasteiger partial charge < -0.3 is 10.2 Å². The molecular formula is C20H27FN3O3S+. The van der Waals surface area contributed by atoms with E-state index in [0.29, 0.717) is 25.3 Å². The van der Waals surface area contributed by atoms with E-state index in [1.54, 1.807) is 38.1 Å². The number of halogens is 1. The van der Waals surface area contributed by atoms with E-state index in [9.17, 15) is 17.6 Å². The highest BCUT2D eigenvalue weighted by Crippen LogP contribution is 2.18. The maximum atomic E-state index is 13.0. The van der Waals surface area contributed by atoms with E-state index in [2.05, 4.69) is 5.32 Å². The molecule has 0 saturated carbocycles. The van der Waals surface area contributed by atoms with Crippen LogP contribution >= 0.6 is 0 Å². The molecule has 1 unspecified atom stereocenters. The minimum atomic E-state index is -3.51. The SMILES string of the molecule is CCN(CC)S(=O)(=O)c1ccc(NC(=O)C[NH+](C)Cc2ccc(F)cc2)cc1. The minimum absolute atomic E-state index is 0.182. The van der Waals surface area contributed by atoms with Gasteiger partial charge in [-0.2, -0.15) is 4.31 Å². The molecule has 0 aliphatic rings. The molecule has 0 fully saturated rings. The largest absolute Gasteiger partial charge is 0.326 e. The maximum Gasteiger partial charge on any atom is 0.279 e. The van der Waals surface area contributed by atoms with Crippen molar-refractivity contribution in [2.24, 2.45) is 0 Å². The quantitative estimate of drug-likeness (QED) is 0.661. The summed E-state index contributed by atoms with van der Waals surface area (Å²) in [6, 6.07) is 12.4. The van der Waals surface area contributed by atoms with Gasteiger partial charge in [-0.1, -0.05) is 26.0 Å². The summed E-state index contributed by atoms with van der Waals surface area (Å²) in [5, 5.41) is 2.78. The monoisotopic (exact) mass is 408 g/mol. The Bertz CT molecular complexity index is 880. The zero-order valence-electron chi connectivity index (χ0n) is 16.4. The number of sulfonamides is 1. The molecule has 0 saturated heterocycles. The van der Waals surface area contributed by atoms with Crippen LogP contribution in [-0.2, 0) is 21.4 Å². The fraction of sp³-hybridized carbons (Fsp3) is 0.350. The van der Waals surface area contributed by atoms with Crippen molar-refractivity contribution in [3.05, 3.63) is 59.9 Å². The molecule has 0 bridgehead atoms. The Morgan fingerprint density at radius 2 is 1.61 bits per heavy atom. The van der Waals surface area contributed by atoms with Gasteiger partial charge in [0.2, 0.25) is 10.0 Å². The normalized spacial score (nSPS) is 12.8. The van der Waals surface area contributed by atoms with Gasteiger partial charge >= 0.3 is 0 Å². The van der Waals surface area contributed by atoms with Gasteiger partial charge in [-0.25, -0.2) is 12.8 Å². The standard InChI is InChI=1S/C20H26FN3O3S/c1-4-24(5-2)28(26,27)19-12-10-18(11-13-19)22-20(25)15-23(3)14-16-6-8-17(21)9-7-16/h6-13H,4-5,14-15H2,1-3H3,(H,22,25)/p+1. The van der Waals surface area contributed by atoms with Crippen molar-refractivity contribution in [3.63, 3.8) is 0 Å². The smallest absolute Gasteiger partial charge is 0.279 e. The highest BCUT2D eigenvalue weighted by Gasteiger charge is 2.21. The molecule has 2 N–H and O–H groups in total. The van der Waals surface area contributed by atoms with E-state index in [1.807, 2.05) is 7.05 Å². The van der Waals surface area contributed by atoms with Gasteiger partial charge in [-0.05, 0) is 36.4 Å². The molecule has 152 valence electrons. The van der Waals surface area contributed by atoms with E-state index in [1.165, 1.54) is 28.6 Å². The van der Waals surface area contributed by atoms with Crippen LogP contribution in [0.1, 0.15) is 19.4 Å². The van der Waals surface area contributed by atoms with E-state index in [0.717, 1.165) is 10.5 Å². The number of amides is 1. The summed E-state index contributed by atoms with van der Waals surface area (Å²) < 4.78 is 39.3. The van der Waals surface area contributed by atoms with Gasteiger partial charge in [0.05, 0.1) is 11.9 Å². The molecule has 2 rings (SSSR count). The number of hydrogen-bond donors (Lipinski definition) is 2. The van der Waals surface area contributed by atoms with Gasteiger partial charge in [0.15, 0.2) is 6.54 Å². The van der Waals surface area contributed by atoms with E-state index >= 15 is 0 Å². The van der Waals surface area contributed by atoms with Crippen molar-refractivity contribution >= 4 is 21.6 Å². The van der Waals surface area contributed by atoms with Gasteiger partial charge in [0.25, 0.3) is 5.91 Å². The topological polar surface area (TPSA) is 70.9 Å². The summed E-state index contributed by atoms with van der Waals surface area (Å²) in [6.45, 7) is 5.22. The number of benzene rings is 2. The highest BCUT2D eigenvalue weighted by molar-refractivity contribution is 7.89. The Kier molecular flexibility index (Phi) is 7.68. The fourth-order valence-corrected chi connectivity index (χ4v) is 4.37. The zero-order valence-corrected chi connectivity index (χ0v) is 17.2. The predicted octanol–water partition coefficient (Wildman–Crippen LogP) is 1.51. The lowest BCUT2D eigenvalue weighted by molar-refractivity contribution is -0.885. The first-order valence-corrected chi connectivity index (χ1v) is 10.7. The van der Waals surface area contributed by atoms with E-state index in [4.69, 9.17) is 0 Å². The third-order valence-corrected chi connectivity index (χ3v) is 6.43. The Morgan fingerprint density at radius 1 is 1.04 bits per heavy atom. The second kappa shape index (κ2) is 9.77. The molecule has 6 nitrogen and oxygen atoms in total. The van der Waals surface area contributed by atoms with Crippen LogP contribution < -0.4 is 10.2 Å². The fourth-order valence-electron chi connectivity index (χ4n) is 2.92. The van der Waals surface area contributed by atoms with Crippen LogP contribution in [0.2, 0.25) is 0 Å². The first-order chi connectivity index (χ1) is 13.3. The second-order valence-electron chi connectivity index (χ2n) is 6.60. The average molecular weight is 409 g/mol. The molecule has 0 aliphatic carbocycles. The molecular weight excluding hydrogens is 381 g/mol. The molecule has 0 aromatic heterocycles. The van der Waals surface area contributed by atoms with Gasteiger partial charge in [-0.15, -0.1) is 0 Å². The lowest BCUT2D eigenvalue weighted by atomic mass is 10.2. The average Bonchev–Trinajstić information content (AvgIpc) is 2.64. The predicted molar refractivity (Wildman–Crippen MR) is 107 cm³/mol. The van der Waals surface area contributed by atoms with Crippen LogP contribution in [0.25, 0.3) is 0 Å². The van der Waals surface area contributed by atoms with E-state index < -0.39 is 10.0 Å². The number of rotatable bonds is 9. The molecule has 28 heavy (non-hydrogen) atoms.